The molecule has 0 saturated heterocycles. The highest BCUT2D eigenvalue weighted by molar-refractivity contribution is 5.86. The molecule has 7 heteroatoms. The molecule has 0 aliphatic heterocycles. The van der Waals surface area contributed by atoms with E-state index >= 15 is 0 Å². The Kier molecular flexibility index (Phi) is 6.44. The lowest BCUT2D eigenvalue weighted by molar-refractivity contribution is -0.384. The number of nitro benzene ring substituents is 1. The van der Waals surface area contributed by atoms with E-state index in [0.29, 0.717) is 16.7 Å². The summed E-state index contributed by atoms with van der Waals surface area (Å²) in [6.07, 6.45) is 4.08. The van der Waals surface area contributed by atoms with Gasteiger partial charge in [-0.2, -0.15) is 0 Å². The Balaban J connectivity index is 1.81. The average Bonchev–Trinajstić information content (AvgIpc) is 2.71. The topological polar surface area (TPSA) is 69.4 Å². The van der Waals surface area contributed by atoms with Crippen molar-refractivity contribution in [3.63, 3.8) is 0 Å². The van der Waals surface area contributed by atoms with E-state index in [-0.39, 0.29) is 11.4 Å². The number of halogens is 2. The molecule has 0 N–H and O–H groups in total. The van der Waals surface area contributed by atoms with E-state index in [1.165, 1.54) is 66.7 Å². The van der Waals surface area contributed by atoms with E-state index in [0.717, 1.165) is 6.08 Å². The molecule has 0 fully saturated rings. The first-order valence-electron chi connectivity index (χ1n) is 8.79. The number of carbonyl (C=O) groups excluding carboxylic acids is 1. The third-order valence-electron chi connectivity index (χ3n) is 4.03. The van der Waals surface area contributed by atoms with Crippen LogP contribution in [0.15, 0.2) is 91.0 Å². The van der Waals surface area contributed by atoms with Crippen LogP contribution in [0.3, 0.4) is 0 Å². The minimum absolute atomic E-state index is 0.122. The Hall–Kier alpha value is -4.13. The quantitative estimate of drug-likeness (QED) is 0.136. The highest BCUT2D eigenvalue weighted by atomic mass is 19.1. The summed E-state index contributed by atoms with van der Waals surface area (Å²) in [5, 5.41) is 10.6. The van der Waals surface area contributed by atoms with Crippen LogP contribution in [0.2, 0.25) is 0 Å². The van der Waals surface area contributed by atoms with Crippen LogP contribution in [0.5, 0.6) is 5.75 Å². The van der Waals surface area contributed by atoms with Gasteiger partial charge in [-0.25, -0.2) is 13.6 Å². The predicted molar refractivity (Wildman–Crippen MR) is 108 cm³/mol. The zero-order valence-electron chi connectivity index (χ0n) is 15.5. The van der Waals surface area contributed by atoms with Crippen LogP contribution in [-0.4, -0.2) is 10.9 Å². The summed E-state index contributed by atoms with van der Waals surface area (Å²) in [7, 11) is 0. The molecule has 5 nitrogen and oxygen atoms in total. The molecule has 0 saturated carbocycles. The molecule has 0 aliphatic carbocycles. The van der Waals surface area contributed by atoms with E-state index in [4.69, 9.17) is 4.74 Å². The van der Waals surface area contributed by atoms with Crippen LogP contribution in [0.4, 0.5) is 14.5 Å². The van der Waals surface area contributed by atoms with Crippen molar-refractivity contribution in [3.05, 3.63) is 124 Å². The summed E-state index contributed by atoms with van der Waals surface area (Å²) in [4.78, 5) is 22.1. The molecule has 0 aliphatic rings. The summed E-state index contributed by atoms with van der Waals surface area (Å²) in [5.41, 5.74) is 1.40. The fourth-order valence-electron chi connectivity index (χ4n) is 2.68. The summed E-state index contributed by atoms with van der Waals surface area (Å²) in [6.45, 7) is 0. The fraction of sp³-hybridized carbons (Fsp3) is 0. The molecule has 150 valence electrons. The zero-order valence-corrected chi connectivity index (χ0v) is 15.5. The first-order chi connectivity index (χ1) is 14.4. The van der Waals surface area contributed by atoms with E-state index in [1.54, 1.807) is 18.2 Å². The van der Waals surface area contributed by atoms with E-state index in [9.17, 15) is 23.7 Å². The number of hydrogen-bond acceptors (Lipinski definition) is 4. The minimum atomic E-state index is -0.710. The Labute approximate surface area is 170 Å². The van der Waals surface area contributed by atoms with Crippen LogP contribution in [0.25, 0.3) is 5.57 Å². The molecule has 0 heterocycles. The molecule has 0 unspecified atom stereocenters. The van der Waals surface area contributed by atoms with Gasteiger partial charge in [0, 0.05) is 18.2 Å². The Morgan fingerprint density at radius 2 is 1.47 bits per heavy atom. The molecule has 3 aromatic rings. The predicted octanol–water partition coefficient (Wildman–Crippen LogP) is 5.47. The monoisotopic (exact) mass is 407 g/mol. The van der Waals surface area contributed by atoms with Gasteiger partial charge in [0.05, 0.1) is 4.92 Å². The molecule has 0 radical (unpaired) electrons. The summed E-state index contributed by atoms with van der Waals surface area (Å²) in [6, 6.07) is 16.7. The summed E-state index contributed by atoms with van der Waals surface area (Å²) in [5.74, 6) is -1.46. The number of esters is 1. The van der Waals surface area contributed by atoms with Crippen LogP contribution >= 0.6 is 0 Å². The molecular weight excluding hydrogens is 392 g/mol. The van der Waals surface area contributed by atoms with Gasteiger partial charge < -0.3 is 4.74 Å². The number of rotatable bonds is 6. The summed E-state index contributed by atoms with van der Waals surface area (Å²) >= 11 is 0. The van der Waals surface area contributed by atoms with Crippen molar-refractivity contribution in [2.75, 3.05) is 0 Å². The second kappa shape index (κ2) is 9.38. The highest BCUT2D eigenvalue weighted by Crippen LogP contribution is 2.25. The number of non-ortho nitro benzene ring substituents is 1. The lowest BCUT2D eigenvalue weighted by Crippen LogP contribution is -2.03. The lowest BCUT2D eigenvalue weighted by atomic mass is 9.97. The largest absolute Gasteiger partial charge is 0.423 e. The van der Waals surface area contributed by atoms with Gasteiger partial charge in [-0.05, 0) is 53.1 Å². The van der Waals surface area contributed by atoms with Gasteiger partial charge >= 0.3 is 5.97 Å². The van der Waals surface area contributed by atoms with E-state index < -0.39 is 22.5 Å². The molecule has 30 heavy (non-hydrogen) atoms. The number of carbonyl (C=O) groups is 1. The zero-order chi connectivity index (χ0) is 21.5. The molecule has 3 rings (SSSR count). The number of ether oxygens (including phenoxy) is 1. The molecule has 0 aromatic heterocycles. The highest BCUT2D eigenvalue weighted by Gasteiger charge is 2.08. The minimum Gasteiger partial charge on any atom is -0.423 e. The number of nitrogens with zero attached hydrogens (tertiary/aromatic N) is 1. The number of benzene rings is 3. The van der Waals surface area contributed by atoms with Crippen LogP contribution in [0.1, 0.15) is 11.1 Å². The van der Waals surface area contributed by atoms with Crippen molar-refractivity contribution in [2.24, 2.45) is 0 Å². The van der Waals surface area contributed by atoms with Gasteiger partial charge in [0.1, 0.15) is 17.4 Å². The van der Waals surface area contributed by atoms with Gasteiger partial charge in [0.25, 0.3) is 5.69 Å². The maximum atomic E-state index is 13.7. The van der Waals surface area contributed by atoms with E-state index in [2.05, 4.69) is 0 Å². The Morgan fingerprint density at radius 3 is 1.97 bits per heavy atom. The maximum absolute atomic E-state index is 13.7. The second-order valence-corrected chi connectivity index (χ2v) is 6.13. The van der Waals surface area contributed by atoms with Crippen molar-refractivity contribution in [1.29, 1.82) is 0 Å². The average molecular weight is 407 g/mol. The number of nitro groups is 1. The normalized spacial score (nSPS) is 10.6. The van der Waals surface area contributed by atoms with Crippen LogP contribution in [0, 0.1) is 21.7 Å². The first-order valence-corrected chi connectivity index (χ1v) is 8.79. The van der Waals surface area contributed by atoms with Gasteiger partial charge in [-0.3, -0.25) is 10.1 Å². The van der Waals surface area contributed by atoms with Crippen molar-refractivity contribution >= 4 is 17.2 Å². The van der Waals surface area contributed by atoms with Crippen molar-refractivity contribution in [2.45, 2.75) is 0 Å². The van der Waals surface area contributed by atoms with E-state index in [1.807, 2.05) is 0 Å². The smallest absolute Gasteiger partial charge is 0.336 e. The van der Waals surface area contributed by atoms with Gasteiger partial charge in [0.15, 0.2) is 0 Å². The van der Waals surface area contributed by atoms with Crippen molar-refractivity contribution < 1.29 is 23.2 Å². The van der Waals surface area contributed by atoms with Crippen LogP contribution < -0.4 is 4.74 Å². The standard InChI is InChI=1S/C23H15F2NO4/c24-18-6-1-4-16(14-18)22(17-5-2-7-19(25)15-17)8-3-9-23(27)30-21-12-10-20(11-13-21)26(28)29/h1-15H/b9-3+. The summed E-state index contributed by atoms with van der Waals surface area (Å²) < 4.78 is 32.4. The Bertz CT molecular complexity index is 1090. The third kappa shape index (κ3) is 5.45. The van der Waals surface area contributed by atoms with Gasteiger partial charge in [-0.1, -0.05) is 36.4 Å². The molecule has 0 atom stereocenters. The first kappa shape index (κ1) is 20.6. The van der Waals surface area contributed by atoms with Gasteiger partial charge in [-0.15, -0.1) is 0 Å². The maximum Gasteiger partial charge on any atom is 0.336 e. The van der Waals surface area contributed by atoms with Gasteiger partial charge in [0.2, 0.25) is 0 Å². The molecule has 0 spiro atoms. The SMILES string of the molecule is O=C(/C=C/C=C(c1cccc(F)c1)c1cccc(F)c1)Oc1ccc([N+](=O)[O-])cc1. The van der Waals surface area contributed by atoms with Crippen molar-refractivity contribution in [3.8, 4) is 5.75 Å². The number of hydrogen-bond donors (Lipinski definition) is 0. The Morgan fingerprint density at radius 1 is 0.900 bits per heavy atom. The third-order valence-corrected chi connectivity index (χ3v) is 4.03. The molecular formula is C23H15F2NO4. The van der Waals surface area contributed by atoms with Crippen molar-refractivity contribution in [1.82, 2.24) is 0 Å². The molecule has 0 bridgehead atoms. The molecule has 0 amide bonds. The fourth-order valence-corrected chi connectivity index (χ4v) is 2.68. The number of allylic oxidation sites excluding steroid dienone is 2. The second-order valence-electron chi connectivity index (χ2n) is 6.13. The molecule has 3 aromatic carbocycles. The lowest BCUT2D eigenvalue weighted by Gasteiger charge is -2.08. The van der Waals surface area contributed by atoms with Crippen LogP contribution in [-0.2, 0) is 4.79 Å².